The fourth-order valence-electron chi connectivity index (χ4n) is 5.75. The molecule has 47 heavy (non-hydrogen) atoms. The molecule has 0 unspecified atom stereocenters. The topological polar surface area (TPSA) is 74.9 Å². The number of nitrogens with zero attached hydrogens (tertiary/aromatic N) is 3. The summed E-state index contributed by atoms with van der Waals surface area (Å²) >= 11 is 6.53. The molecule has 0 aliphatic carbocycles. The lowest BCUT2D eigenvalue weighted by molar-refractivity contribution is 0.285. The van der Waals surface area contributed by atoms with E-state index in [-0.39, 0.29) is 18.1 Å². The van der Waals surface area contributed by atoms with Gasteiger partial charge in [-0.3, -0.25) is 4.79 Å². The van der Waals surface area contributed by atoms with Crippen molar-refractivity contribution in [3.8, 4) is 28.6 Å². The third-order valence-corrected chi connectivity index (χ3v) is 8.32. The number of aromatic nitrogens is 2. The molecule has 0 fully saturated rings. The molecule has 0 aliphatic rings. The first-order valence-electron chi connectivity index (χ1n) is 15.6. The summed E-state index contributed by atoms with van der Waals surface area (Å²) < 4.78 is 19.4. The first-order valence-corrected chi connectivity index (χ1v) is 16.0. The molecule has 8 heteroatoms. The molecule has 238 valence electrons. The highest BCUT2D eigenvalue weighted by atomic mass is 35.5. The molecule has 1 heterocycles. The molecule has 7 nitrogen and oxygen atoms in total. The first kappa shape index (κ1) is 31.8. The van der Waals surface area contributed by atoms with Crippen molar-refractivity contribution >= 4 is 39.5 Å². The highest BCUT2D eigenvalue weighted by molar-refractivity contribution is 6.31. The lowest BCUT2D eigenvalue weighted by Crippen LogP contribution is -2.21. The lowest BCUT2D eigenvalue weighted by Gasteiger charge is -2.18. The van der Waals surface area contributed by atoms with Crippen LogP contribution in [0.15, 0.2) is 101 Å². The number of benzene rings is 5. The monoisotopic (exact) mass is 645 g/mol. The summed E-state index contributed by atoms with van der Waals surface area (Å²) in [6.07, 6.45) is 1.57. The lowest BCUT2D eigenvalue weighted by atomic mass is 9.96. The predicted molar refractivity (Wildman–Crippen MR) is 191 cm³/mol. The Kier molecular flexibility index (Phi) is 9.27. The first-order chi connectivity index (χ1) is 22.8. The Labute approximate surface area is 279 Å². The van der Waals surface area contributed by atoms with Crippen molar-refractivity contribution in [3.05, 3.63) is 129 Å². The molecule has 6 aromatic rings. The normalized spacial score (nSPS) is 11.6. The fraction of sp³-hybridized carbons (Fsp3) is 0.205. The predicted octanol–water partition coefficient (Wildman–Crippen LogP) is 9.17. The van der Waals surface area contributed by atoms with Gasteiger partial charge in [0.2, 0.25) is 0 Å². The molecule has 1 aromatic heterocycles. The van der Waals surface area contributed by atoms with E-state index in [0.29, 0.717) is 45.4 Å². The summed E-state index contributed by atoms with van der Waals surface area (Å²) in [6, 6.07) is 29.1. The van der Waals surface area contributed by atoms with Gasteiger partial charge in [-0.25, -0.2) is 4.98 Å². The Hall–Kier alpha value is -5.14. The standard InChI is InChI=1S/C39H36ClN3O4/c1-6-46-35-18-25(4)33(21-32(35)24(2)3)38-42-34-17-10-9-16-31(34)39(44)43(38)41-22-28-19-29(40)20-36(45-5)37(28)47-23-27-14-11-13-26-12-7-8-15-30(26)27/h7-22,24H,6,23H2,1-5H3. The minimum Gasteiger partial charge on any atom is -0.494 e. The molecule has 0 spiro atoms. The van der Waals surface area contributed by atoms with Crippen LogP contribution in [0, 0.1) is 6.92 Å². The Balaban J connectivity index is 1.49. The molecule has 0 atom stereocenters. The largest absolute Gasteiger partial charge is 0.494 e. The SMILES string of the molecule is CCOc1cc(C)c(-c2nc3ccccc3c(=O)n2N=Cc2cc(Cl)cc(OC)c2OCc2cccc3ccccc23)cc1C(C)C. The minimum absolute atomic E-state index is 0.181. The second-order valence-corrected chi connectivity index (χ2v) is 12.0. The number of fused-ring (bicyclic) bond motifs is 2. The van der Waals surface area contributed by atoms with Gasteiger partial charge in [0, 0.05) is 22.2 Å². The molecule has 0 saturated heterocycles. The molecule has 0 bridgehead atoms. The third-order valence-electron chi connectivity index (χ3n) is 8.11. The van der Waals surface area contributed by atoms with Gasteiger partial charge in [-0.2, -0.15) is 9.78 Å². The van der Waals surface area contributed by atoms with Gasteiger partial charge in [-0.15, -0.1) is 0 Å². The van der Waals surface area contributed by atoms with Gasteiger partial charge in [-0.05, 0) is 77.6 Å². The Morgan fingerprint density at radius 3 is 2.43 bits per heavy atom. The number of hydrogen-bond acceptors (Lipinski definition) is 6. The zero-order valence-electron chi connectivity index (χ0n) is 27.1. The summed E-state index contributed by atoms with van der Waals surface area (Å²) in [5.74, 6) is 2.32. The van der Waals surface area contributed by atoms with E-state index < -0.39 is 0 Å². The van der Waals surface area contributed by atoms with E-state index in [1.54, 1.807) is 31.5 Å². The highest BCUT2D eigenvalue weighted by Gasteiger charge is 2.19. The molecule has 0 radical (unpaired) electrons. The fourth-order valence-corrected chi connectivity index (χ4v) is 5.97. The van der Waals surface area contributed by atoms with Crippen molar-refractivity contribution < 1.29 is 14.2 Å². The van der Waals surface area contributed by atoms with Crippen molar-refractivity contribution in [1.29, 1.82) is 0 Å². The summed E-state index contributed by atoms with van der Waals surface area (Å²) in [4.78, 5) is 19.0. The number of hydrogen-bond donors (Lipinski definition) is 0. The van der Waals surface area contributed by atoms with Crippen LogP contribution in [0.4, 0.5) is 0 Å². The van der Waals surface area contributed by atoms with Crippen molar-refractivity contribution in [2.24, 2.45) is 5.10 Å². The molecular weight excluding hydrogens is 610 g/mol. The second-order valence-electron chi connectivity index (χ2n) is 11.6. The summed E-state index contributed by atoms with van der Waals surface area (Å²) in [5.41, 5.74) is 4.57. The van der Waals surface area contributed by atoms with Crippen LogP contribution in [-0.4, -0.2) is 29.6 Å². The molecule has 5 aromatic carbocycles. The van der Waals surface area contributed by atoms with Gasteiger partial charge in [0.15, 0.2) is 17.3 Å². The van der Waals surface area contributed by atoms with Crippen LogP contribution in [0.1, 0.15) is 48.9 Å². The van der Waals surface area contributed by atoms with Crippen LogP contribution >= 0.6 is 11.6 Å². The molecule has 0 aliphatic heterocycles. The maximum absolute atomic E-state index is 14.1. The van der Waals surface area contributed by atoms with E-state index in [9.17, 15) is 4.79 Å². The van der Waals surface area contributed by atoms with Crippen LogP contribution in [0.2, 0.25) is 5.02 Å². The van der Waals surface area contributed by atoms with Gasteiger partial charge < -0.3 is 14.2 Å². The van der Waals surface area contributed by atoms with E-state index in [1.165, 1.54) is 4.68 Å². The molecule has 0 saturated carbocycles. The van der Waals surface area contributed by atoms with Crippen LogP contribution < -0.4 is 19.8 Å². The number of ether oxygens (including phenoxy) is 3. The van der Waals surface area contributed by atoms with Gasteiger partial charge in [0.25, 0.3) is 5.56 Å². The van der Waals surface area contributed by atoms with Gasteiger partial charge in [0.05, 0.1) is 30.8 Å². The van der Waals surface area contributed by atoms with Crippen LogP contribution in [0.5, 0.6) is 17.2 Å². The summed E-state index contributed by atoms with van der Waals surface area (Å²) in [5, 5.41) is 7.87. The van der Waals surface area contributed by atoms with E-state index in [1.807, 2.05) is 62.4 Å². The van der Waals surface area contributed by atoms with Gasteiger partial charge in [-0.1, -0.05) is 80.0 Å². The van der Waals surface area contributed by atoms with Gasteiger partial charge >= 0.3 is 0 Å². The van der Waals surface area contributed by atoms with E-state index in [2.05, 4.69) is 38.1 Å². The number of aryl methyl sites for hydroxylation is 1. The number of para-hydroxylation sites is 1. The zero-order chi connectivity index (χ0) is 33.1. The average molecular weight is 646 g/mol. The summed E-state index contributed by atoms with van der Waals surface area (Å²) in [6.45, 7) is 9.01. The van der Waals surface area contributed by atoms with Crippen molar-refractivity contribution in [1.82, 2.24) is 9.66 Å². The highest BCUT2D eigenvalue weighted by Crippen LogP contribution is 2.36. The van der Waals surface area contributed by atoms with Crippen molar-refractivity contribution in [3.63, 3.8) is 0 Å². The van der Waals surface area contributed by atoms with Crippen molar-refractivity contribution in [2.45, 2.75) is 40.2 Å². The Morgan fingerprint density at radius 2 is 1.66 bits per heavy atom. The summed E-state index contributed by atoms with van der Waals surface area (Å²) in [7, 11) is 1.56. The number of rotatable bonds is 10. The maximum Gasteiger partial charge on any atom is 0.282 e. The third kappa shape index (κ3) is 6.44. The van der Waals surface area contributed by atoms with Crippen LogP contribution in [0.25, 0.3) is 33.1 Å². The Bertz CT molecular complexity index is 2180. The molecular formula is C39H36ClN3O4. The number of halogens is 1. The molecule has 0 N–H and O–H groups in total. The quantitative estimate of drug-likeness (QED) is 0.139. The Morgan fingerprint density at radius 1 is 0.915 bits per heavy atom. The minimum atomic E-state index is -0.298. The molecule has 0 amide bonds. The van der Waals surface area contributed by atoms with Crippen molar-refractivity contribution in [2.75, 3.05) is 13.7 Å². The van der Waals surface area contributed by atoms with Gasteiger partial charge in [0.1, 0.15) is 12.4 Å². The van der Waals surface area contributed by atoms with E-state index in [4.69, 9.17) is 35.9 Å². The second kappa shape index (κ2) is 13.7. The smallest absolute Gasteiger partial charge is 0.282 e. The molecule has 6 rings (SSSR count). The average Bonchev–Trinajstić information content (AvgIpc) is 3.07. The number of methoxy groups -OCH3 is 1. The van der Waals surface area contributed by atoms with Crippen LogP contribution in [-0.2, 0) is 6.61 Å². The van der Waals surface area contributed by atoms with E-state index in [0.717, 1.165) is 38.8 Å². The van der Waals surface area contributed by atoms with E-state index >= 15 is 0 Å². The maximum atomic E-state index is 14.1. The van der Waals surface area contributed by atoms with Crippen LogP contribution in [0.3, 0.4) is 0 Å². The zero-order valence-corrected chi connectivity index (χ0v) is 27.8.